The number of nitrogens with two attached hydrogens (primary N) is 1. The van der Waals surface area contributed by atoms with Crippen molar-refractivity contribution in [2.45, 2.75) is 24.8 Å². The van der Waals surface area contributed by atoms with E-state index in [9.17, 15) is 25.1 Å². The molecule has 2 aliphatic heterocycles. The molecule has 4 heterocycles. The third kappa shape index (κ3) is 29.6. The van der Waals surface area contributed by atoms with Gasteiger partial charge in [-0.1, -0.05) is 213 Å². The Hall–Kier alpha value is -10.8. The van der Waals surface area contributed by atoms with Crippen LogP contribution in [0, 0.1) is 87.6 Å². The number of aromatic nitrogens is 3. The molecule has 9 N–H and O–H groups in total. The second kappa shape index (κ2) is 58.5. The maximum atomic E-state index is 11.5. The van der Waals surface area contributed by atoms with Gasteiger partial charge in [0, 0.05) is 89.9 Å². The largest absolute Gasteiger partial charge is 1.00 e. The number of nitrogens with zero attached hydrogens (tertiary/aromatic N) is 13. The van der Waals surface area contributed by atoms with E-state index >= 15 is 0 Å². The lowest BCUT2D eigenvalue weighted by atomic mass is 10.0. The topological polar surface area (TPSA) is 593 Å². The first kappa shape index (κ1) is 98.3. The Kier molecular flexibility index (Phi) is 53.7. The molecule has 10 rings (SSSR count). The molecule has 4 atom stereocenters. The van der Waals surface area contributed by atoms with E-state index in [0.29, 0.717) is 39.5 Å². The average molecular weight is 1620 g/mol. The van der Waals surface area contributed by atoms with Crippen LogP contribution in [-0.2, 0) is 40.0 Å². The second-order valence-electron chi connectivity index (χ2n) is 17.9. The molecule has 45 heteroatoms. The van der Waals surface area contributed by atoms with Crippen molar-refractivity contribution in [3.8, 4) is 22.5 Å². The number of benzene rings is 6. The number of nitrogen functional groups attached to an aromatic ring is 1. The van der Waals surface area contributed by atoms with Crippen LogP contribution in [0.15, 0.2) is 242 Å². The van der Waals surface area contributed by atoms with Gasteiger partial charge in [-0.05, 0) is 46.5 Å². The van der Waals surface area contributed by atoms with Crippen molar-refractivity contribution in [3.05, 3.63) is 265 Å². The zero-order valence-electron chi connectivity index (χ0n) is 60.3. The van der Waals surface area contributed by atoms with E-state index in [0.717, 1.165) is 97.9 Å². The smallest absolute Gasteiger partial charge is 0.796 e. The highest BCUT2D eigenvalue weighted by Crippen LogP contribution is 2.37. The predicted molar refractivity (Wildman–Crippen MR) is 438 cm³/mol. The summed E-state index contributed by atoms with van der Waals surface area (Å²) in [6.45, 7) is 0. The van der Waals surface area contributed by atoms with E-state index in [1.807, 2.05) is 140 Å². The zero-order valence-corrected chi connectivity index (χ0v) is 63.9. The first-order valence-corrected chi connectivity index (χ1v) is 37.5. The quantitative estimate of drug-likeness (QED) is 0.00456. The fourth-order valence-electron chi connectivity index (χ4n) is 7.88. The Labute approximate surface area is 652 Å². The standard InChI is InChI=1S/C10H10N3O2S.C10H9N3O2S.2C10H11N3O2S.C10H10N2OS.C9H7N3O2.CH3NOS.2CH4S.HNO2.HNO.O2/c1-16-10(7-11)9(12-15-13(10)14)8-5-3-2-4-6-8;1-16-10(13-14)8(12-15-9(10)11)7-5-3-2-4-6-7;1-16-10(7-11,13-15)9(12-14)8-5-3-2-4-6-8;1-16-9(7-11)10(12-15-13-14)8-5-3-2-4-6-8;1-14-9-8(12-13-10(9)11)7-5-3-2-4-6-7;10-6-8-9(11-14-12(8)13)7-4-2-1-3-5-7;1-4-2-3;2*1-2;2-1-3;2*1-2/h2-7,11H,1H3;2-6,11H,1H3;2-7,11,14H,1H3;2-7,9,11H,1H3;2-6H,11H2,1H3;1-6,10H;1H3;2*2H,1H3;(H,2,3);1H;/q-1;;;;;;;;;;;/b;;11-7?,12-9-;11-7?,12-10-;;;;;;;;. The molecule has 0 bridgehead atoms. The van der Waals surface area contributed by atoms with Crippen LogP contribution in [0.1, 0.15) is 32.2 Å². The van der Waals surface area contributed by atoms with Gasteiger partial charge in [0.15, 0.2) is 10.2 Å². The van der Waals surface area contributed by atoms with Gasteiger partial charge >= 0.3 is 4.28 Å². The molecule has 2 aliphatic rings. The summed E-state index contributed by atoms with van der Waals surface area (Å²) in [7, 11) is 0. The Morgan fingerprint density at radius 3 is 1.51 bits per heavy atom. The molecule has 8 aromatic rings. The van der Waals surface area contributed by atoms with Crippen LogP contribution < -0.4 is 10.6 Å². The first-order valence-electron chi connectivity index (χ1n) is 28.5. The molecule has 0 spiro atoms. The Morgan fingerprint density at radius 1 is 0.701 bits per heavy atom. The fraction of sp³-hybridized carbons (Fsp3) is 0.194. The number of hydrogen-bond acceptors (Lipinski definition) is 44. The minimum atomic E-state index is -1.48. The average Bonchev–Trinajstić information content (AvgIpc) is 1.62. The number of hydroxylamine groups is 2. The van der Waals surface area contributed by atoms with E-state index in [-0.39, 0.29) is 31.7 Å². The number of anilines is 1. The van der Waals surface area contributed by atoms with Crippen LogP contribution in [-0.4, -0.2) is 144 Å². The number of oxime groups is 4. The fourth-order valence-corrected chi connectivity index (χ4v) is 10.8. The first-order chi connectivity index (χ1) is 52.0. The van der Waals surface area contributed by atoms with Crippen molar-refractivity contribution < 1.29 is 38.3 Å². The third-order valence-electron chi connectivity index (χ3n) is 12.6. The SMILES string of the molecule is CSC(C=N)(N=O)/C(=N\O)c1ccccc1.CSC(C=N)/C(=N\ON=O)c1ccccc1.CSC1(C=N)C(c2ccccc2)=NON1[O-].CSC1(N=O)C(=N)ON=C1c1ccccc1.CSN=O.CSc1c(-c2ccccc2)noc1N.C[S-].C[S-].N=Cc1c(-c2ccccc2)no[n+]1[O-].N=O.O=N[O-].O=O.[H+].[H+].[H+]. The van der Waals surface area contributed by atoms with Crippen molar-refractivity contribution in [2.75, 3.05) is 55.8 Å². The van der Waals surface area contributed by atoms with E-state index in [2.05, 4.69) is 96.6 Å². The maximum absolute atomic E-state index is 11.5. The highest BCUT2D eigenvalue weighted by Gasteiger charge is 2.50. The van der Waals surface area contributed by atoms with Crippen LogP contribution in [0.25, 0.3) is 22.5 Å². The van der Waals surface area contributed by atoms with E-state index in [1.54, 1.807) is 104 Å². The summed E-state index contributed by atoms with van der Waals surface area (Å²) in [6.07, 6.45) is 17.7. The van der Waals surface area contributed by atoms with Crippen molar-refractivity contribution in [1.82, 2.24) is 15.5 Å². The number of nitrogens with one attached hydrogen (secondary N) is 6. The van der Waals surface area contributed by atoms with E-state index in [1.165, 1.54) is 29.7 Å². The molecule has 570 valence electrons. The van der Waals surface area contributed by atoms with Crippen LogP contribution >= 0.6 is 70.8 Å². The number of hydrogen-bond donors (Lipinski definition) is 8. The summed E-state index contributed by atoms with van der Waals surface area (Å²) >= 11 is 15.4. The molecule has 2 aromatic heterocycles. The minimum Gasteiger partial charge on any atom is -0.796 e. The molecular formula is C62H71N20O17S8-. The normalized spacial score (nSPS) is 14.7. The molecule has 0 aliphatic carbocycles. The summed E-state index contributed by atoms with van der Waals surface area (Å²) in [4.78, 5) is 80.8. The molecule has 107 heavy (non-hydrogen) atoms. The highest BCUT2D eigenvalue weighted by atomic mass is 32.2. The molecule has 6 aromatic carbocycles. The van der Waals surface area contributed by atoms with Crippen LogP contribution in [0.4, 0.5) is 5.88 Å². The Balaban J connectivity index is -0.000000385. The maximum Gasteiger partial charge on any atom is 1.00 e. The van der Waals surface area contributed by atoms with E-state index in [4.69, 9.17) is 77.2 Å². The van der Waals surface area contributed by atoms with Gasteiger partial charge in [-0.3, -0.25) is 10.0 Å². The summed E-state index contributed by atoms with van der Waals surface area (Å²) in [5.41, 5.74) is 17.5. The lowest BCUT2D eigenvalue weighted by Gasteiger charge is -2.34. The van der Waals surface area contributed by atoms with Gasteiger partial charge in [-0.25, -0.2) is 4.94 Å². The molecule has 0 radical (unpaired) electrons. The van der Waals surface area contributed by atoms with Crippen molar-refractivity contribution in [3.63, 3.8) is 0 Å². The third-order valence-corrected chi connectivity index (χ3v) is 17.5. The van der Waals surface area contributed by atoms with Gasteiger partial charge < -0.3 is 92.7 Å². The summed E-state index contributed by atoms with van der Waals surface area (Å²) in [5.74, 6) is 0.144. The minimum absolute atomic E-state index is 0. The van der Waals surface area contributed by atoms with Crippen molar-refractivity contribution in [1.29, 1.82) is 32.6 Å². The second-order valence-corrected chi connectivity index (χ2v) is 23.3. The number of thioether (sulfide) groups is 5. The lowest BCUT2D eigenvalue weighted by Crippen LogP contribution is -2.45. The number of rotatable bonds is 22. The molecule has 0 fully saturated rings. The van der Waals surface area contributed by atoms with Gasteiger partial charge in [0.05, 0.1) is 16.4 Å². The monoisotopic (exact) mass is 1620 g/mol. The van der Waals surface area contributed by atoms with Crippen LogP contribution in [0.5, 0.6) is 0 Å². The van der Waals surface area contributed by atoms with Gasteiger partial charge in [-0.15, -0.1) is 83.8 Å². The Morgan fingerprint density at radius 2 is 1.15 bits per heavy atom. The molecule has 0 amide bonds. The highest BCUT2D eigenvalue weighted by molar-refractivity contribution is 8.02. The molecular weight excluding hydrogens is 1550 g/mol. The summed E-state index contributed by atoms with van der Waals surface area (Å²) in [6, 6.07) is 55.2. The molecule has 0 saturated heterocycles. The van der Waals surface area contributed by atoms with Gasteiger partial charge in [0.1, 0.15) is 28.5 Å². The summed E-state index contributed by atoms with van der Waals surface area (Å²) < 4.78 is 11.8. The number of nitroso groups, excluding NO2 is 4. The van der Waals surface area contributed by atoms with E-state index < -0.39 is 14.6 Å². The van der Waals surface area contributed by atoms with Crippen LogP contribution in [0.3, 0.4) is 0 Å². The van der Waals surface area contributed by atoms with Gasteiger partial charge in [-0.2, -0.15) is 22.6 Å². The Bertz CT molecular complexity index is 4000. The zero-order chi connectivity index (χ0) is 81.1. The molecule has 4 unspecified atom stereocenters. The van der Waals surface area contributed by atoms with Gasteiger partial charge in [0.2, 0.25) is 16.4 Å². The van der Waals surface area contributed by atoms with Gasteiger partial charge in [0.25, 0.3) is 16.5 Å². The lowest BCUT2D eigenvalue weighted by molar-refractivity contribution is -0.803. The summed E-state index contributed by atoms with van der Waals surface area (Å²) in [5, 5.41) is 107. The molecule has 37 nitrogen and oxygen atoms in total. The van der Waals surface area contributed by atoms with Crippen molar-refractivity contribution >= 4 is 156 Å². The predicted octanol–water partition coefficient (Wildman–Crippen LogP) is 14.8. The molecule has 0 saturated carbocycles. The van der Waals surface area contributed by atoms with Crippen LogP contribution in [0.2, 0.25) is 0 Å². The van der Waals surface area contributed by atoms with Crippen molar-refractivity contribution in [2.24, 2.45) is 46.2 Å².